The van der Waals surface area contributed by atoms with Crippen molar-refractivity contribution in [1.29, 1.82) is 0 Å². The summed E-state index contributed by atoms with van der Waals surface area (Å²) in [5.74, 6) is 0. The van der Waals surface area contributed by atoms with E-state index < -0.39 is 0 Å². The Balaban J connectivity index is 0.000000253. The van der Waals surface area contributed by atoms with Crippen molar-refractivity contribution in [2.75, 3.05) is 40.3 Å². The minimum absolute atomic E-state index is 0.205. The standard InChI is InChI=1S/C14H25N3.C11H21N3.C10H18N2.C9H16N2/c1-14(2,3)13-11-15-17(12-13)10-9-16-7-5-4-6-8-16;1-11(2,3)10-8-12-14(9-10)7-6-13(4)5;1-5-6-12-8-9(7-11-12)10(2,3)4;1-5-11-7-8(6-10-11)9(2,3)4/h11-12H,4-10H2,1-3H3;8-9H,6-7H2,1-5H3;7-8H,5-6H2,1-4H3;6-7H,5H2,1-4H3. The van der Waals surface area contributed by atoms with Crippen molar-refractivity contribution in [2.45, 2.75) is 170 Å². The average Bonchev–Trinajstić information content (AvgIpc) is 3.90. The van der Waals surface area contributed by atoms with E-state index in [0.717, 1.165) is 45.7 Å². The Morgan fingerprint density at radius 1 is 0.481 bits per heavy atom. The molecule has 5 heterocycles. The quantitative estimate of drug-likeness (QED) is 0.170. The largest absolute Gasteiger partial charge is 0.308 e. The van der Waals surface area contributed by atoms with Gasteiger partial charge in [0.1, 0.15) is 0 Å². The lowest BCUT2D eigenvalue weighted by Crippen LogP contribution is -2.32. The van der Waals surface area contributed by atoms with Crippen LogP contribution in [0.4, 0.5) is 0 Å². The highest BCUT2D eigenvalue weighted by Crippen LogP contribution is 2.23. The Hall–Kier alpha value is -3.24. The van der Waals surface area contributed by atoms with Crippen LogP contribution < -0.4 is 0 Å². The summed E-state index contributed by atoms with van der Waals surface area (Å²) in [6, 6.07) is 0. The Bertz CT molecular complexity index is 1570. The van der Waals surface area contributed by atoms with Gasteiger partial charge in [0, 0.05) is 51.0 Å². The summed E-state index contributed by atoms with van der Waals surface area (Å²) in [4.78, 5) is 4.72. The fourth-order valence-corrected chi connectivity index (χ4v) is 5.50. The topological polar surface area (TPSA) is 77.8 Å². The fourth-order valence-electron chi connectivity index (χ4n) is 5.50. The van der Waals surface area contributed by atoms with Gasteiger partial charge in [-0.05, 0) is 97.3 Å². The first-order chi connectivity index (χ1) is 25.0. The zero-order valence-electron chi connectivity index (χ0n) is 37.6. The zero-order valence-corrected chi connectivity index (χ0v) is 37.6. The number of hydrogen-bond acceptors (Lipinski definition) is 6. The van der Waals surface area contributed by atoms with Gasteiger partial charge in [-0.2, -0.15) is 20.4 Å². The van der Waals surface area contributed by atoms with Gasteiger partial charge in [-0.25, -0.2) is 0 Å². The number of nitrogens with zero attached hydrogens (tertiary/aromatic N) is 10. The van der Waals surface area contributed by atoms with Crippen LogP contribution in [0, 0.1) is 0 Å². The third-order valence-corrected chi connectivity index (χ3v) is 9.64. The first kappa shape index (κ1) is 46.9. The van der Waals surface area contributed by atoms with E-state index in [0.29, 0.717) is 0 Å². The van der Waals surface area contributed by atoms with Crippen molar-refractivity contribution in [3.63, 3.8) is 0 Å². The van der Waals surface area contributed by atoms with E-state index in [-0.39, 0.29) is 21.7 Å². The number of piperidine rings is 1. The maximum Gasteiger partial charge on any atom is 0.0536 e. The van der Waals surface area contributed by atoms with Crippen molar-refractivity contribution >= 4 is 0 Å². The van der Waals surface area contributed by atoms with Crippen LogP contribution in [0.5, 0.6) is 0 Å². The molecule has 10 nitrogen and oxygen atoms in total. The molecule has 5 rings (SSSR count). The molecule has 1 fully saturated rings. The molecule has 1 saturated heterocycles. The van der Waals surface area contributed by atoms with Crippen molar-refractivity contribution in [1.82, 2.24) is 48.9 Å². The van der Waals surface area contributed by atoms with E-state index in [1.165, 1.54) is 54.6 Å². The second-order valence-electron chi connectivity index (χ2n) is 19.3. The molecule has 0 atom stereocenters. The lowest BCUT2D eigenvalue weighted by atomic mass is 9.90. The molecule has 10 heteroatoms. The normalized spacial score (nSPS) is 14.2. The third-order valence-electron chi connectivity index (χ3n) is 9.64. The van der Waals surface area contributed by atoms with Crippen LogP contribution in [0.3, 0.4) is 0 Å². The maximum absolute atomic E-state index is 4.46. The smallest absolute Gasteiger partial charge is 0.0536 e. The van der Waals surface area contributed by atoms with Gasteiger partial charge in [0.25, 0.3) is 0 Å². The maximum atomic E-state index is 4.46. The fraction of sp³-hybridized carbons (Fsp3) is 0.727. The summed E-state index contributed by atoms with van der Waals surface area (Å²) in [5, 5.41) is 17.3. The number of likely N-dealkylation sites (N-methyl/N-ethyl adjacent to an activating group) is 1. The zero-order chi connectivity index (χ0) is 40.7. The minimum Gasteiger partial charge on any atom is -0.308 e. The molecule has 1 aliphatic heterocycles. The third kappa shape index (κ3) is 17.5. The average molecular weight is 749 g/mol. The summed E-state index contributed by atoms with van der Waals surface area (Å²) >= 11 is 0. The summed E-state index contributed by atoms with van der Waals surface area (Å²) in [6.07, 6.45) is 21.8. The van der Waals surface area contributed by atoms with E-state index >= 15 is 0 Å². The number of rotatable bonds is 9. The van der Waals surface area contributed by atoms with Gasteiger partial charge in [0.15, 0.2) is 0 Å². The molecule has 4 aromatic heterocycles. The van der Waals surface area contributed by atoms with Gasteiger partial charge in [-0.15, -0.1) is 0 Å². The molecule has 306 valence electrons. The number of likely N-dealkylation sites (tertiary alicyclic amines) is 1. The molecule has 0 amide bonds. The second kappa shape index (κ2) is 21.2. The number of hydrogen-bond donors (Lipinski definition) is 0. The van der Waals surface area contributed by atoms with Crippen molar-refractivity contribution in [3.05, 3.63) is 71.8 Å². The number of aryl methyl sites for hydroxylation is 2. The SMILES string of the molecule is CC(C)(C)c1cnn(CCN2CCCCC2)c1.CCCn1cc(C(C)(C)C)cn1.CCn1cc(C(C)(C)C)cn1.CN(C)CCn1cc(C(C)(C)C)cn1. The van der Waals surface area contributed by atoms with Crippen LogP contribution in [0.2, 0.25) is 0 Å². The Morgan fingerprint density at radius 3 is 1.15 bits per heavy atom. The van der Waals surface area contributed by atoms with Crippen LogP contribution in [0.15, 0.2) is 49.6 Å². The minimum atomic E-state index is 0.205. The summed E-state index contributed by atoms with van der Waals surface area (Å²) in [5.41, 5.74) is 6.13. The predicted molar refractivity (Wildman–Crippen MR) is 229 cm³/mol. The summed E-state index contributed by atoms with van der Waals surface area (Å²) in [6.45, 7) is 39.5. The van der Waals surface area contributed by atoms with Crippen LogP contribution in [0.25, 0.3) is 0 Å². The molecule has 0 unspecified atom stereocenters. The van der Waals surface area contributed by atoms with Crippen LogP contribution in [-0.2, 0) is 47.8 Å². The van der Waals surface area contributed by atoms with Gasteiger partial charge in [0.05, 0.1) is 37.9 Å². The van der Waals surface area contributed by atoms with Crippen molar-refractivity contribution in [2.24, 2.45) is 0 Å². The molecular weight excluding hydrogens is 669 g/mol. The Labute approximate surface area is 330 Å². The molecule has 0 aliphatic carbocycles. The molecular formula is C44H80N10. The van der Waals surface area contributed by atoms with Gasteiger partial charge >= 0.3 is 0 Å². The molecule has 54 heavy (non-hydrogen) atoms. The molecule has 0 N–H and O–H groups in total. The van der Waals surface area contributed by atoms with Crippen LogP contribution >= 0.6 is 0 Å². The van der Waals surface area contributed by atoms with Gasteiger partial charge in [0.2, 0.25) is 0 Å². The van der Waals surface area contributed by atoms with E-state index in [9.17, 15) is 0 Å². The van der Waals surface area contributed by atoms with E-state index in [1.807, 2.05) is 38.8 Å². The molecule has 1 aliphatic rings. The summed E-state index contributed by atoms with van der Waals surface area (Å²) < 4.78 is 8.08. The lowest BCUT2D eigenvalue weighted by Gasteiger charge is -2.26. The van der Waals surface area contributed by atoms with Crippen molar-refractivity contribution in [3.8, 4) is 0 Å². The van der Waals surface area contributed by atoms with E-state index in [4.69, 9.17) is 0 Å². The highest BCUT2D eigenvalue weighted by Gasteiger charge is 2.18. The van der Waals surface area contributed by atoms with Crippen molar-refractivity contribution < 1.29 is 0 Å². The van der Waals surface area contributed by atoms with Crippen LogP contribution in [0.1, 0.15) is 145 Å². The Morgan fingerprint density at radius 2 is 0.833 bits per heavy atom. The summed E-state index contributed by atoms with van der Waals surface area (Å²) in [7, 11) is 4.16. The molecule has 0 saturated carbocycles. The number of aromatic nitrogens is 8. The highest BCUT2D eigenvalue weighted by atomic mass is 15.3. The molecule has 0 spiro atoms. The van der Waals surface area contributed by atoms with Crippen LogP contribution in [-0.4, -0.2) is 89.2 Å². The molecule has 0 aromatic carbocycles. The monoisotopic (exact) mass is 749 g/mol. The van der Waals surface area contributed by atoms with Gasteiger partial charge < -0.3 is 9.80 Å². The molecule has 0 bridgehead atoms. The predicted octanol–water partition coefficient (Wildman–Crippen LogP) is 9.20. The lowest BCUT2D eigenvalue weighted by molar-refractivity contribution is 0.218. The van der Waals surface area contributed by atoms with Gasteiger partial charge in [-0.1, -0.05) is 96.4 Å². The first-order valence-corrected chi connectivity index (χ1v) is 20.5. The van der Waals surface area contributed by atoms with E-state index in [2.05, 4.69) is 171 Å². The van der Waals surface area contributed by atoms with E-state index in [1.54, 1.807) is 0 Å². The first-order valence-electron chi connectivity index (χ1n) is 20.5. The van der Waals surface area contributed by atoms with Gasteiger partial charge in [-0.3, -0.25) is 18.7 Å². The highest BCUT2D eigenvalue weighted by molar-refractivity contribution is 5.17. The Kier molecular flexibility index (Phi) is 18.4. The molecule has 0 radical (unpaired) electrons. The molecule has 4 aromatic rings. The second-order valence-corrected chi connectivity index (χ2v) is 19.3.